The van der Waals surface area contributed by atoms with E-state index in [0.717, 1.165) is 27.9 Å². The van der Waals surface area contributed by atoms with Crippen molar-refractivity contribution in [2.75, 3.05) is 20.8 Å². The third kappa shape index (κ3) is 3.95. The summed E-state index contributed by atoms with van der Waals surface area (Å²) in [4.78, 5) is 30.0. The lowest BCUT2D eigenvalue weighted by Gasteiger charge is -2.36. The van der Waals surface area contributed by atoms with Gasteiger partial charge in [-0.2, -0.15) is 0 Å². The van der Waals surface area contributed by atoms with Crippen molar-refractivity contribution in [1.82, 2.24) is 9.88 Å². The number of aromatic nitrogens is 1. The van der Waals surface area contributed by atoms with Crippen molar-refractivity contribution < 1.29 is 19.2 Å². The molecule has 8 nitrogen and oxygen atoms in total. The van der Waals surface area contributed by atoms with Gasteiger partial charge in [-0.15, -0.1) is 0 Å². The quantitative estimate of drug-likeness (QED) is 0.292. The number of benzene rings is 3. The van der Waals surface area contributed by atoms with Crippen LogP contribution in [0.3, 0.4) is 0 Å². The zero-order chi connectivity index (χ0) is 24.7. The average molecular weight is 492 g/mol. The molecule has 1 atom stereocenters. The number of ether oxygens (including phenoxy) is 2. The van der Waals surface area contributed by atoms with E-state index in [2.05, 4.69) is 4.98 Å². The van der Waals surface area contributed by atoms with Crippen LogP contribution in [0.15, 0.2) is 60.7 Å². The third-order valence-electron chi connectivity index (χ3n) is 6.39. The number of fused-ring (bicyclic) bond motifs is 3. The summed E-state index contributed by atoms with van der Waals surface area (Å²) in [7, 11) is 3.16. The SMILES string of the molecule is COc1cccc(C(=O)N2CCc3c([nH]c4ccc(OC)cc34)[C@H]2c2ccc(Cl)c([N+](=O)[O-])c2)c1. The van der Waals surface area contributed by atoms with Crippen LogP contribution in [0, 0.1) is 10.1 Å². The number of hydrogen-bond acceptors (Lipinski definition) is 5. The van der Waals surface area contributed by atoms with E-state index in [4.69, 9.17) is 21.1 Å². The highest BCUT2D eigenvalue weighted by atomic mass is 35.5. The minimum atomic E-state index is -0.577. The third-order valence-corrected chi connectivity index (χ3v) is 6.71. The van der Waals surface area contributed by atoms with Crippen molar-refractivity contribution in [2.45, 2.75) is 12.5 Å². The van der Waals surface area contributed by atoms with Gasteiger partial charge in [0.1, 0.15) is 16.5 Å². The van der Waals surface area contributed by atoms with Gasteiger partial charge in [-0.05, 0) is 60.0 Å². The van der Waals surface area contributed by atoms with E-state index in [1.165, 1.54) is 12.1 Å². The summed E-state index contributed by atoms with van der Waals surface area (Å²) in [6.07, 6.45) is 0.615. The fraction of sp³-hybridized carbons (Fsp3) is 0.192. The summed E-state index contributed by atoms with van der Waals surface area (Å²) < 4.78 is 10.7. The second kappa shape index (κ2) is 8.96. The van der Waals surface area contributed by atoms with Gasteiger partial charge in [-0.25, -0.2) is 0 Å². The number of halogens is 1. The zero-order valence-electron chi connectivity index (χ0n) is 19.1. The van der Waals surface area contributed by atoms with Crippen molar-refractivity contribution >= 4 is 34.1 Å². The van der Waals surface area contributed by atoms with Gasteiger partial charge in [0.15, 0.2) is 0 Å². The number of nitrogens with one attached hydrogen (secondary N) is 1. The second-order valence-electron chi connectivity index (χ2n) is 8.28. The minimum Gasteiger partial charge on any atom is -0.497 e. The number of nitro benzene ring substituents is 1. The first-order valence-electron chi connectivity index (χ1n) is 11.0. The number of nitrogens with zero attached hydrogens (tertiary/aromatic N) is 2. The molecule has 0 saturated carbocycles. The van der Waals surface area contributed by atoms with Crippen molar-refractivity contribution in [3.63, 3.8) is 0 Å². The average Bonchev–Trinajstić information content (AvgIpc) is 3.25. The Balaban J connectivity index is 1.69. The van der Waals surface area contributed by atoms with Crippen LogP contribution in [0.5, 0.6) is 11.5 Å². The molecule has 0 unspecified atom stereocenters. The molecule has 9 heteroatoms. The zero-order valence-corrected chi connectivity index (χ0v) is 19.8. The van der Waals surface area contributed by atoms with E-state index in [1.807, 2.05) is 18.2 Å². The first-order valence-corrected chi connectivity index (χ1v) is 11.4. The highest BCUT2D eigenvalue weighted by Gasteiger charge is 2.36. The molecule has 1 amide bonds. The Bertz CT molecular complexity index is 1460. The number of amides is 1. The van der Waals surface area contributed by atoms with Crippen LogP contribution in [0.1, 0.15) is 33.2 Å². The number of H-pyrrole nitrogens is 1. The molecule has 4 aromatic rings. The molecule has 0 bridgehead atoms. The molecule has 178 valence electrons. The molecule has 1 aliphatic heterocycles. The van der Waals surface area contributed by atoms with Gasteiger partial charge in [-0.3, -0.25) is 14.9 Å². The Morgan fingerprint density at radius 1 is 1.09 bits per heavy atom. The van der Waals surface area contributed by atoms with Gasteiger partial charge < -0.3 is 19.4 Å². The van der Waals surface area contributed by atoms with Crippen molar-refractivity contribution in [2.24, 2.45) is 0 Å². The van der Waals surface area contributed by atoms with E-state index < -0.39 is 11.0 Å². The minimum absolute atomic E-state index is 0.0434. The fourth-order valence-corrected chi connectivity index (χ4v) is 4.91. The molecule has 2 heterocycles. The second-order valence-corrected chi connectivity index (χ2v) is 8.69. The Labute approximate surface area is 206 Å². The molecule has 0 aliphatic carbocycles. The first-order chi connectivity index (χ1) is 16.9. The number of rotatable bonds is 5. The molecular weight excluding hydrogens is 470 g/mol. The normalized spacial score (nSPS) is 15.1. The highest BCUT2D eigenvalue weighted by Crippen LogP contribution is 2.41. The predicted molar refractivity (Wildman–Crippen MR) is 133 cm³/mol. The lowest BCUT2D eigenvalue weighted by Crippen LogP contribution is -2.40. The van der Waals surface area contributed by atoms with Crippen LogP contribution in [-0.4, -0.2) is 41.5 Å². The Morgan fingerprint density at radius 3 is 2.60 bits per heavy atom. The fourth-order valence-electron chi connectivity index (χ4n) is 4.72. The van der Waals surface area contributed by atoms with Crippen LogP contribution < -0.4 is 9.47 Å². The number of nitro groups is 1. The smallest absolute Gasteiger partial charge is 0.288 e. The Kier molecular flexibility index (Phi) is 5.82. The van der Waals surface area contributed by atoms with Gasteiger partial charge in [-0.1, -0.05) is 23.7 Å². The molecule has 35 heavy (non-hydrogen) atoms. The van der Waals surface area contributed by atoms with E-state index in [0.29, 0.717) is 29.8 Å². The van der Waals surface area contributed by atoms with Gasteiger partial charge in [0.25, 0.3) is 11.6 Å². The molecule has 1 N–H and O–H groups in total. The Hall–Kier alpha value is -4.04. The number of carbonyl (C=O) groups excluding carboxylic acids is 1. The maximum absolute atomic E-state index is 13.7. The molecule has 1 aromatic heterocycles. The van der Waals surface area contributed by atoms with Crippen LogP contribution >= 0.6 is 11.6 Å². The van der Waals surface area contributed by atoms with Crippen LogP contribution in [0.4, 0.5) is 5.69 Å². The number of aromatic amines is 1. The maximum atomic E-state index is 13.7. The largest absolute Gasteiger partial charge is 0.497 e. The summed E-state index contributed by atoms with van der Waals surface area (Å²) in [6, 6.07) is 16.8. The summed E-state index contributed by atoms with van der Waals surface area (Å²) in [5.41, 5.74) is 3.63. The van der Waals surface area contributed by atoms with Crippen LogP contribution in [0.25, 0.3) is 10.9 Å². The van der Waals surface area contributed by atoms with Crippen LogP contribution in [0.2, 0.25) is 5.02 Å². The lowest BCUT2D eigenvalue weighted by molar-refractivity contribution is -0.384. The van der Waals surface area contributed by atoms with E-state index in [1.54, 1.807) is 49.5 Å². The first kappa shape index (κ1) is 22.7. The molecule has 3 aromatic carbocycles. The highest BCUT2D eigenvalue weighted by molar-refractivity contribution is 6.32. The standard InChI is InChI=1S/C26H22ClN3O5/c1-34-17-5-3-4-16(12-17)26(31)29-11-10-19-20-14-18(35-2)7-9-22(20)28-24(19)25(29)15-6-8-21(27)23(13-15)30(32)33/h3-9,12-14,25,28H,10-11H2,1-2H3/t25-/m1/s1. The lowest BCUT2D eigenvalue weighted by atomic mass is 9.91. The summed E-state index contributed by atoms with van der Waals surface area (Å²) in [5, 5.41) is 12.7. The topological polar surface area (TPSA) is 97.7 Å². The molecule has 0 spiro atoms. The molecular formula is C26H22ClN3O5. The van der Waals surface area contributed by atoms with Gasteiger partial charge in [0.2, 0.25) is 0 Å². The van der Waals surface area contributed by atoms with E-state index >= 15 is 0 Å². The van der Waals surface area contributed by atoms with Gasteiger partial charge in [0, 0.05) is 34.8 Å². The summed E-state index contributed by atoms with van der Waals surface area (Å²) in [5.74, 6) is 1.10. The van der Waals surface area contributed by atoms with E-state index in [9.17, 15) is 14.9 Å². The molecule has 1 aliphatic rings. The van der Waals surface area contributed by atoms with Crippen LogP contribution in [-0.2, 0) is 6.42 Å². The maximum Gasteiger partial charge on any atom is 0.288 e. The molecule has 0 fully saturated rings. The Morgan fingerprint density at radius 2 is 1.86 bits per heavy atom. The summed E-state index contributed by atoms with van der Waals surface area (Å²) in [6.45, 7) is 0.425. The monoisotopic (exact) mass is 491 g/mol. The van der Waals surface area contributed by atoms with E-state index in [-0.39, 0.29) is 16.6 Å². The molecule has 0 radical (unpaired) electrons. The number of hydrogen-bond donors (Lipinski definition) is 1. The van der Waals surface area contributed by atoms with Gasteiger partial charge in [0.05, 0.1) is 25.2 Å². The number of carbonyl (C=O) groups is 1. The van der Waals surface area contributed by atoms with Crippen molar-refractivity contribution in [3.05, 3.63) is 98.2 Å². The van der Waals surface area contributed by atoms with Gasteiger partial charge >= 0.3 is 0 Å². The number of methoxy groups -OCH3 is 2. The summed E-state index contributed by atoms with van der Waals surface area (Å²) >= 11 is 6.10. The predicted octanol–water partition coefficient (Wildman–Crippen LogP) is 5.53. The molecule has 0 saturated heterocycles. The van der Waals surface area contributed by atoms with Crippen molar-refractivity contribution in [1.29, 1.82) is 0 Å². The molecule has 5 rings (SSSR count). The van der Waals surface area contributed by atoms with Crippen molar-refractivity contribution in [3.8, 4) is 11.5 Å².